The fraction of sp³-hybridized carbons (Fsp3) is 1.00. The first-order chi connectivity index (χ1) is 7.38. The van der Waals surface area contributed by atoms with Gasteiger partial charge in [-0.15, -0.1) is 0 Å². The molecule has 15 heavy (non-hydrogen) atoms. The minimum Gasteiger partial charge on any atom is -0.362 e. The number of nitrogens with zero attached hydrogens (tertiary/aromatic N) is 1. The summed E-state index contributed by atoms with van der Waals surface area (Å²) in [6.07, 6.45) is 9.89. The third-order valence-corrected chi connectivity index (χ3v) is 3.24. The lowest BCUT2D eigenvalue weighted by molar-refractivity contribution is 0.0304. The zero-order valence-electron chi connectivity index (χ0n) is 10.5. The van der Waals surface area contributed by atoms with Crippen LogP contribution in [0.15, 0.2) is 0 Å². The molecule has 0 spiro atoms. The van der Waals surface area contributed by atoms with Gasteiger partial charge in [0.25, 0.3) is 0 Å². The Labute approximate surface area is 95.0 Å². The molecular formula is C13H27NO. The van der Waals surface area contributed by atoms with Crippen LogP contribution in [0.4, 0.5) is 0 Å². The molecule has 1 saturated heterocycles. The van der Waals surface area contributed by atoms with Crippen molar-refractivity contribution in [3.63, 3.8) is 0 Å². The van der Waals surface area contributed by atoms with Gasteiger partial charge in [-0.25, -0.2) is 0 Å². The molecule has 0 aromatic rings. The fourth-order valence-electron chi connectivity index (χ4n) is 2.28. The van der Waals surface area contributed by atoms with Crippen LogP contribution in [0.1, 0.15) is 58.8 Å². The third kappa shape index (κ3) is 4.98. The van der Waals surface area contributed by atoms with Crippen molar-refractivity contribution >= 4 is 0 Å². The number of rotatable bonds is 8. The monoisotopic (exact) mass is 213 g/mol. The van der Waals surface area contributed by atoms with Crippen LogP contribution < -0.4 is 0 Å². The van der Waals surface area contributed by atoms with Gasteiger partial charge in [0.15, 0.2) is 0 Å². The second kappa shape index (κ2) is 8.12. The topological polar surface area (TPSA) is 12.5 Å². The van der Waals surface area contributed by atoms with E-state index in [9.17, 15) is 0 Å². The van der Waals surface area contributed by atoms with Crippen LogP contribution in [-0.4, -0.2) is 30.8 Å². The van der Waals surface area contributed by atoms with Gasteiger partial charge in [0.1, 0.15) is 6.23 Å². The van der Waals surface area contributed by atoms with Crippen molar-refractivity contribution < 1.29 is 4.74 Å². The first kappa shape index (κ1) is 13.0. The van der Waals surface area contributed by atoms with Crippen molar-refractivity contribution in [3.05, 3.63) is 0 Å². The second-order valence-corrected chi connectivity index (χ2v) is 4.54. The highest BCUT2D eigenvalue weighted by molar-refractivity contribution is 4.68. The largest absolute Gasteiger partial charge is 0.362 e. The first-order valence-corrected chi connectivity index (χ1v) is 6.74. The van der Waals surface area contributed by atoms with Crippen LogP contribution in [0.5, 0.6) is 0 Å². The molecule has 1 atom stereocenters. The van der Waals surface area contributed by atoms with Gasteiger partial charge in [0.05, 0.1) is 6.61 Å². The summed E-state index contributed by atoms with van der Waals surface area (Å²) in [6, 6.07) is 0. The van der Waals surface area contributed by atoms with Crippen LogP contribution in [0.2, 0.25) is 0 Å². The molecule has 0 radical (unpaired) electrons. The summed E-state index contributed by atoms with van der Waals surface area (Å²) in [7, 11) is 0. The highest BCUT2D eigenvalue weighted by Crippen LogP contribution is 2.14. The van der Waals surface area contributed by atoms with Crippen molar-refractivity contribution in [1.82, 2.24) is 4.90 Å². The Balaban J connectivity index is 1.95. The highest BCUT2D eigenvalue weighted by atomic mass is 16.5. The Morgan fingerprint density at radius 3 is 2.53 bits per heavy atom. The number of hydrogen-bond donors (Lipinski definition) is 0. The number of ether oxygens (including phenoxy) is 1. The van der Waals surface area contributed by atoms with E-state index >= 15 is 0 Å². The molecule has 2 nitrogen and oxygen atoms in total. The van der Waals surface area contributed by atoms with Crippen LogP contribution in [-0.2, 0) is 4.74 Å². The van der Waals surface area contributed by atoms with Crippen LogP contribution in [0, 0.1) is 0 Å². The van der Waals surface area contributed by atoms with E-state index in [0.717, 1.165) is 19.6 Å². The lowest BCUT2D eigenvalue weighted by Gasteiger charge is -2.21. The smallest absolute Gasteiger partial charge is 0.110 e. The van der Waals surface area contributed by atoms with E-state index < -0.39 is 0 Å². The van der Waals surface area contributed by atoms with Gasteiger partial charge in [-0.2, -0.15) is 0 Å². The molecule has 1 aliphatic heterocycles. The Bertz CT molecular complexity index is 149. The first-order valence-electron chi connectivity index (χ1n) is 6.74. The van der Waals surface area contributed by atoms with Crippen molar-refractivity contribution in [2.45, 2.75) is 65.0 Å². The van der Waals surface area contributed by atoms with Gasteiger partial charge in [-0.05, 0) is 12.8 Å². The predicted molar refractivity (Wildman–Crippen MR) is 65.0 cm³/mol. The van der Waals surface area contributed by atoms with Gasteiger partial charge in [-0.1, -0.05) is 46.0 Å². The van der Waals surface area contributed by atoms with Gasteiger partial charge < -0.3 is 4.74 Å². The number of unbranched alkanes of at least 4 members (excludes halogenated alkanes) is 5. The molecule has 0 N–H and O–H groups in total. The SMILES string of the molecule is CCCCCCCCN1CCOC1CC. The predicted octanol–water partition coefficient (Wildman–Crippen LogP) is 3.42. The minimum absolute atomic E-state index is 0.417. The molecule has 0 amide bonds. The van der Waals surface area contributed by atoms with E-state index in [1.165, 1.54) is 45.1 Å². The summed E-state index contributed by atoms with van der Waals surface area (Å²) < 4.78 is 5.64. The molecule has 1 heterocycles. The lowest BCUT2D eigenvalue weighted by atomic mass is 10.1. The highest BCUT2D eigenvalue weighted by Gasteiger charge is 2.22. The summed E-state index contributed by atoms with van der Waals surface area (Å²) >= 11 is 0. The van der Waals surface area contributed by atoms with Gasteiger partial charge in [-0.3, -0.25) is 4.90 Å². The molecule has 2 heteroatoms. The van der Waals surface area contributed by atoms with Gasteiger partial charge in [0, 0.05) is 13.1 Å². The summed E-state index contributed by atoms with van der Waals surface area (Å²) in [5, 5.41) is 0. The molecule has 1 aliphatic rings. The van der Waals surface area contributed by atoms with E-state index in [-0.39, 0.29) is 0 Å². The zero-order valence-corrected chi connectivity index (χ0v) is 10.5. The summed E-state index contributed by atoms with van der Waals surface area (Å²) in [5.74, 6) is 0. The van der Waals surface area contributed by atoms with E-state index in [2.05, 4.69) is 18.7 Å². The average Bonchev–Trinajstić information content (AvgIpc) is 2.70. The van der Waals surface area contributed by atoms with Crippen molar-refractivity contribution in [1.29, 1.82) is 0 Å². The van der Waals surface area contributed by atoms with E-state index in [1.807, 2.05) is 0 Å². The van der Waals surface area contributed by atoms with Crippen LogP contribution in [0.3, 0.4) is 0 Å². The summed E-state index contributed by atoms with van der Waals surface area (Å²) in [6.45, 7) is 7.81. The van der Waals surface area contributed by atoms with Crippen LogP contribution in [0.25, 0.3) is 0 Å². The Hall–Kier alpha value is -0.0800. The molecule has 90 valence electrons. The Morgan fingerprint density at radius 2 is 1.80 bits per heavy atom. The van der Waals surface area contributed by atoms with Crippen LogP contribution >= 0.6 is 0 Å². The Kier molecular flexibility index (Phi) is 7.03. The fourth-order valence-corrected chi connectivity index (χ4v) is 2.28. The average molecular weight is 213 g/mol. The lowest BCUT2D eigenvalue weighted by Crippen LogP contribution is -2.30. The van der Waals surface area contributed by atoms with Crippen molar-refractivity contribution in [2.24, 2.45) is 0 Å². The maximum absolute atomic E-state index is 5.64. The van der Waals surface area contributed by atoms with Gasteiger partial charge in [0.2, 0.25) is 0 Å². The van der Waals surface area contributed by atoms with Crippen molar-refractivity contribution in [3.8, 4) is 0 Å². The molecule has 1 rings (SSSR count). The normalized spacial score (nSPS) is 22.4. The van der Waals surface area contributed by atoms with E-state index in [1.54, 1.807) is 0 Å². The molecule has 1 unspecified atom stereocenters. The molecule has 0 aliphatic carbocycles. The quantitative estimate of drug-likeness (QED) is 0.573. The zero-order chi connectivity index (χ0) is 10.9. The summed E-state index contributed by atoms with van der Waals surface area (Å²) in [5.41, 5.74) is 0. The molecule has 0 aromatic carbocycles. The Morgan fingerprint density at radius 1 is 1.07 bits per heavy atom. The second-order valence-electron chi connectivity index (χ2n) is 4.54. The van der Waals surface area contributed by atoms with E-state index in [4.69, 9.17) is 4.74 Å². The standard InChI is InChI=1S/C13H27NO/c1-3-5-6-7-8-9-10-14-11-12-15-13(14)4-2/h13H,3-12H2,1-2H3. The maximum atomic E-state index is 5.64. The molecule has 1 fully saturated rings. The summed E-state index contributed by atoms with van der Waals surface area (Å²) in [4.78, 5) is 2.50. The molecule has 0 saturated carbocycles. The van der Waals surface area contributed by atoms with Crippen molar-refractivity contribution in [2.75, 3.05) is 19.7 Å². The molecular weight excluding hydrogens is 186 g/mol. The van der Waals surface area contributed by atoms with E-state index in [0.29, 0.717) is 6.23 Å². The van der Waals surface area contributed by atoms with Gasteiger partial charge >= 0.3 is 0 Å². The molecule has 0 aromatic heterocycles. The third-order valence-electron chi connectivity index (χ3n) is 3.24. The number of hydrogen-bond acceptors (Lipinski definition) is 2. The molecule has 0 bridgehead atoms. The minimum atomic E-state index is 0.417. The maximum Gasteiger partial charge on any atom is 0.110 e.